The highest BCUT2D eigenvalue weighted by Gasteiger charge is 2.31. The zero-order chi connectivity index (χ0) is 15.5. The number of nitrogens with zero attached hydrogens (tertiary/aromatic N) is 1. The van der Waals surface area contributed by atoms with Crippen LogP contribution in [0.25, 0.3) is 0 Å². The van der Waals surface area contributed by atoms with Crippen LogP contribution in [-0.2, 0) is 0 Å². The minimum Gasteiger partial charge on any atom is -0.316 e. The second kappa shape index (κ2) is 7.16. The van der Waals surface area contributed by atoms with Gasteiger partial charge in [0.2, 0.25) is 0 Å². The highest BCUT2D eigenvalue weighted by Crippen LogP contribution is 2.32. The molecular weight excluding hydrogens is 300 g/mol. The molecule has 0 amide bonds. The van der Waals surface area contributed by atoms with Crippen LogP contribution < -0.4 is 5.32 Å². The van der Waals surface area contributed by atoms with E-state index in [1.54, 1.807) is 5.56 Å². The smallest absolute Gasteiger partial charge is 0.00282 e. The summed E-state index contributed by atoms with van der Waals surface area (Å²) in [6.07, 6.45) is 2.63. The maximum atomic E-state index is 3.61. The van der Waals surface area contributed by atoms with Crippen LogP contribution in [0.5, 0.6) is 0 Å². The minimum atomic E-state index is 0.716. The second-order valence-corrected chi connectivity index (χ2v) is 7.85. The first-order valence-corrected chi connectivity index (χ1v) is 9.84. The predicted molar refractivity (Wildman–Crippen MR) is 98.3 cm³/mol. The van der Waals surface area contributed by atoms with Crippen LogP contribution in [0, 0.1) is 5.92 Å². The highest BCUT2D eigenvalue weighted by atomic mass is 32.1. The number of thiophene rings is 1. The number of benzene rings is 1. The summed E-state index contributed by atoms with van der Waals surface area (Å²) in [5.41, 5.74) is 3.08. The molecule has 23 heavy (non-hydrogen) atoms. The predicted octanol–water partition coefficient (Wildman–Crippen LogP) is 3.93. The summed E-state index contributed by atoms with van der Waals surface area (Å²) < 4.78 is 0. The molecule has 1 aromatic heterocycles. The average Bonchev–Trinajstić information content (AvgIpc) is 3.27. The molecule has 2 aromatic rings. The molecule has 3 heterocycles. The lowest BCUT2D eigenvalue weighted by Gasteiger charge is -2.34. The molecule has 0 aliphatic carbocycles. The van der Waals surface area contributed by atoms with Gasteiger partial charge >= 0.3 is 0 Å². The van der Waals surface area contributed by atoms with E-state index in [2.05, 4.69) is 57.4 Å². The van der Waals surface area contributed by atoms with E-state index in [-0.39, 0.29) is 0 Å². The number of hydrogen-bond donors (Lipinski definition) is 1. The Labute approximate surface area is 143 Å². The molecule has 0 saturated carbocycles. The molecule has 1 aromatic carbocycles. The van der Waals surface area contributed by atoms with Crippen molar-refractivity contribution in [1.29, 1.82) is 0 Å². The van der Waals surface area contributed by atoms with Crippen LogP contribution >= 0.6 is 11.3 Å². The molecular formula is C20H26N2S. The minimum absolute atomic E-state index is 0.716. The molecule has 0 spiro atoms. The van der Waals surface area contributed by atoms with Gasteiger partial charge in [0.15, 0.2) is 0 Å². The van der Waals surface area contributed by atoms with E-state index in [1.165, 1.54) is 44.6 Å². The lowest BCUT2D eigenvalue weighted by molar-refractivity contribution is 0.182. The lowest BCUT2D eigenvalue weighted by Crippen LogP contribution is -2.38. The number of hydrogen-bond acceptors (Lipinski definition) is 3. The van der Waals surface area contributed by atoms with Crippen molar-refractivity contribution in [2.24, 2.45) is 5.92 Å². The summed E-state index contributed by atoms with van der Waals surface area (Å²) >= 11 is 1.83. The Morgan fingerprint density at radius 1 is 1.00 bits per heavy atom. The van der Waals surface area contributed by atoms with Gasteiger partial charge in [0, 0.05) is 19.0 Å². The van der Waals surface area contributed by atoms with E-state index in [4.69, 9.17) is 0 Å². The zero-order valence-electron chi connectivity index (χ0n) is 13.7. The molecule has 2 atom stereocenters. The Kier molecular flexibility index (Phi) is 4.79. The summed E-state index contributed by atoms with van der Waals surface area (Å²) in [6.45, 7) is 6.11. The van der Waals surface area contributed by atoms with E-state index in [0.717, 1.165) is 18.4 Å². The van der Waals surface area contributed by atoms with Gasteiger partial charge in [-0.05, 0) is 72.3 Å². The maximum Gasteiger partial charge on any atom is 0.00282 e. The van der Waals surface area contributed by atoms with E-state index < -0.39 is 0 Å². The van der Waals surface area contributed by atoms with E-state index >= 15 is 0 Å². The number of piperidine rings is 1. The quantitative estimate of drug-likeness (QED) is 0.916. The summed E-state index contributed by atoms with van der Waals surface area (Å²) in [7, 11) is 0. The molecule has 1 N–H and O–H groups in total. The fourth-order valence-electron chi connectivity index (χ4n) is 4.31. The molecule has 2 saturated heterocycles. The SMILES string of the molecule is c1ccc(C2CCN(CC3CNC[C@H]3c3ccsc3)CC2)cc1. The monoisotopic (exact) mass is 326 g/mol. The fourth-order valence-corrected chi connectivity index (χ4v) is 5.03. The van der Waals surface area contributed by atoms with Crippen molar-refractivity contribution in [3.8, 4) is 0 Å². The van der Waals surface area contributed by atoms with Gasteiger partial charge in [0.1, 0.15) is 0 Å². The largest absolute Gasteiger partial charge is 0.316 e. The van der Waals surface area contributed by atoms with Crippen molar-refractivity contribution in [3.05, 3.63) is 58.3 Å². The van der Waals surface area contributed by atoms with E-state index in [9.17, 15) is 0 Å². The Morgan fingerprint density at radius 3 is 2.57 bits per heavy atom. The van der Waals surface area contributed by atoms with E-state index in [0.29, 0.717) is 5.92 Å². The molecule has 0 bridgehead atoms. The molecule has 2 nitrogen and oxygen atoms in total. The third kappa shape index (κ3) is 3.52. The van der Waals surface area contributed by atoms with Gasteiger partial charge < -0.3 is 10.2 Å². The Balaban J connectivity index is 1.33. The Morgan fingerprint density at radius 2 is 1.83 bits per heavy atom. The van der Waals surface area contributed by atoms with Gasteiger partial charge in [-0.2, -0.15) is 11.3 Å². The van der Waals surface area contributed by atoms with Crippen molar-refractivity contribution in [1.82, 2.24) is 10.2 Å². The van der Waals surface area contributed by atoms with Crippen molar-refractivity contribution in [2.75, 3.05) is 32.7 Å². The van der Waals surface area contributed by atoms with Gasteiger partial charge in [-0.3, -0.25) is 0 Å². The molecule has 1 unspecified atom stereocenters. The van der Waals surface area contributed by atoms with Gasteiger partial charge in [-0.25, -0.2) is 0 Å². The second-order valence-electron chi connectivity index (χ2n) is 7.07. The third-order valence-electron chi connectivity index (χ3n) is 5.66. The molecule has 0 radical (unpaired) electrons. The Hall–Kier alpha value is -1.16. The summed E-state index contributed by atoms with van der Waals surface area (Å²) in [6, 6.07) is 13.4. The van der Waals surface area contributed by atoms with Crippen LogP contribution in [-0.4, -0.2) is 37.6 Å². The van der Waals surface area contributed by atoms with Crippen molar-refractivity contribution >= 4 is 11.3 Å². The maximum absolute atomic E-state index is 3.61. The molecule has 122 valence electrons. The first-order chi connectivity index (χ1) is 11.4. The Bertz CT molecular complexity index is 587. The first-order valence-electron chi connectivity index (χ1n) is 8.90. The molecule has 4 rings (SSSR count). The van der Waals surface area contributed by atoms with Crippen molar-refractivity contribution < 1.29 is 0 Å². The van der Waals surface area contributed by atoms with Crippen molar-refractivity contribution in [2.45, 2.75) is 24.7 Å². The summed E-state index contributed by atoms with van der Waals surface area (Å²) in [5, 5.41) is 8.17. The average molecular weight is 327 g/mol. The van der Waals surface area contributed by atoms with Gasteiger partial charge in [-0.15, -0.1) is 0 Å². The van der Waals surface area contributed by atoms with Crippen LogP contribution in [0.1, 0.15) is 35.8 Å². The number of rotatable bonds is 4. The first kappa shape index (κ1) is 15.4. The third-order valence-corrected chi connectivity index (χ3v) is 6.36. The molecule has 2 aliphatic rings. The van der Waals surface area contributed by atoms with Crippen molar-refractivity contribution in [3.63, 3.8) is 0 Å². The summed E-state index contributed by atoms with van der Waals surface area (Å²) in [4.78, 5) is 2.70. The van der Waals surface area contributed by atoms with Gasteiger partial charge in [-0.1, -0.05) is 30.3 Å². The lowest BCUT2D eigenvalue weighted by atomic mass is 9.87. The topological polar surface area (TPSA) is 15.3 Å². The van der Waals surface area contributed by atoms with Crippen LogP contribution in [0.2, 0.25) is 0 Å². The summed E-state index contributed by atoms with van der Waals surface area (Å²) in [5.74, 6) is 2.26. The van der Waals surface area contributed by atoms with Crippen LogP contribution in [0.4, 0.5) is 0 Å². The molecule has 3 heteroatoms. The van der Waals surface area contributed by atoms with Crippen LogP contribution in [0.3, 0.4) is 0 Å². The molecule has 2 fully saturated rings. The highest BCUT2D eigenvalue weighted by molar-refractivity contribution is 7.07. The normalized spacial score (nSPS) is 26.6. The van der Waals surface area contributed by atoms with Gasteiger partial charge in [0.25, 0.3) is 0 Å². The van der Waals surface area contributed by atoms with Gasteiger partial charge in [0.05, 0.1) is 0 Å². The number of likely N-dealkylation sites (tertiary alicyclic amines) is 1. The fraction of sp³-hybridized carbons (Fsp3) is 0.500. The zero-order valence-corrected chi connectivity index (χ0v) is 14.5. The van der Waals surface area contributed by atoms with Crippen LogP contribution in [0.15, 0.2) is 47.2 Å². The standard InChI is InChI=1S/C20H26N2S/c1-2-4-16(5-3-1)17-6-9-22(10-7-17)14-19-12-21-13-20(19)18-8-11-23-15-18/h1-5,8,11,15,17,19-21H,6-7,9-10,12-14H2/t19?,20-/m0/s1. The van der Waals surface area contributed by atoms with E-state index in [1.807, 2.05) is 11.3 Å². The number of nitrogens with one attached hydrogen (secondary N) is 1. The molecule has 2 aliphatic heterocycles.